The van der Waals surface area contributed by atoms with Crippen molar-refractivity contribution in [3.8, 4) is 0 Å². The van der Waals surface area contributed by atoms with Gasteiger partial charge in [-0.05, 0) is 52.1 Å². The van der Waals surface area contributed by atoms with Crippen LogP contribution < -0.4 is 5.32 Å². The van der Waals surface area contributed by atoms with E-state index in [0.29, 0.717) is 12.3 Å². The quantitative estimate of drug-likeness (QED) is 0.828. The number of hydrogen-bond acceptors (Lipinski definition) is 3. The van der Waals surface area contributed by atoms with E-state index in [9.17, 15) is 4.79 Å². The standard InChI is InChI=1S/C14H26N2O2/c1-11-9-16(10-12(2)18-11)14(17)4-3-13-5-7-15-8-6-13/h11-13,15H,3-10H2,1-2H3. The molecule has 2 aliphatic rings. The summed E-state index contributed by atoms with van der Waals surface area (Å²) in [6, 6.07) is 0. The highest BCUT2D eigenvalue weighted by molar-refractivity contribution is 5.76. The van der Waals surface area contributed by atoms with Gasteiger partial charge in [0.2, 0.25) is 5.91 Å². The van der Waals surface area contributed by atoms with Gasteiger partial charge in [0.05, 0.1) is 12.2 Å². The average molecular weight is 254 g/mol. The van der Waals surface area contributed by atoms with Crippen LogP contribution >= 0.6 is 0 Å². The summed E-state index contributed by atoms with van der Waals surface area (Å²) in [5.41, 5.74) is 0. The number of piperidine rings is 1. The molecule has 2 atom stereocenters. The van der Waals surface area contributed by atoms with Crippen LogP contribution in [0.1, 0.15) is 39.5 Å². The SMILES string of the molecule is CC1CN(C(=O)CCC2CCNCC2)CC(C)O1. The first-order valence-electron chi connectivity index (χ1n) is 7.29. The maximum atomic E-state index is 12.2. The summed E-state index contributed by atoms with van der Waals surface area (Å²) < 4.78 is 5.66. The molecule has 0 radical (unpaired) electrons. The Balaban J connectivity index is 1.73. The third-order valence-electron chi connectivity index (χ3n) is 4.00. The molecular weight excluding hydrogens is 228 g/mol. The fourth-order valence-electron chi connectivity index (χ4n) is 3.04. The first kappa shape index (κ1) is 13.8. The van der Waals surface area contributed by atoms with Crippen molar-refractivity contribution in [1.29, 1.82) is 0 Å². The number of ether oxygens (including phenoxy) is 1. The molecule has 1 amide bonds. The molecule has 104 valence electrons. The van der Waals surface area contributed by atoms with Crippen molar-refractivity contribution in [3.63, 3.8) is 0 Å². The number of hydrogen-bond donors (Lipinski definition) is 1. The first-order chi connectivity index (χ1) is 8.65. The van der Waals surface area contributed by atoms with Crippen molar-refractivity contribution >= 4 is 5.91 Å². The van der Waals surface area contributed by atoms with Gasteiger partial charge in [-0.3, -0.25) is 4.79 Å². The second-order valence-corrected chi connectivity index (χ2v) is 5.79. The zero-order valence-electron chi connectivity index (χ0n) is 11.7. The van der Waals surface area contributed by atoms with E-state index in [1.807, 2.05) is 18.7 Å². The van der Waals surface area contributed by atoms with E-state index in [2.05, 4.69) is 5.32 Å². The molecule has 2 unspecified atom stereocenters. The molecule has 2 heterocycles. The third-order valence-corrected chi connectivity index (χ3v) is 4.00. The highest BCUT2D eigenvalue weighted by atomic mass is 16.5. The predicted octanol–water partition coefficient (Wildman–Crippen LogP) is 1.40. The van der Waals surface area contributed by atoms with Crippen LogP contribution in [0.25, 0.3) is 0 Å². The number of nitrogens with one attached hydrogen (secondary N) is 1. The van der Waals surface area contributed by atoms with Gasteiger partial charge in [-0.15, -0.1) is 0 Å². The van der Waals surface area contributed by atoms with E-state index in [1.54, 1.807) is 0 Å². The van der Waals surface area contributed by atoms with Gasteiger partial charge in [0.25, 0.3) is 0 Å². The molecular formula is C14H26N2O2. The second kappa shape index (κ2) is 6.53. The van der Waals surface area contributed by atoms with Gasteiger partial charge < -0.3 is 15.0 Å². The van der Waals surface area contributed by atoms with E-state index in [0.717, 1.165) is 38.5 Å². The molecule has 18 heavy (non-hydrogen) atoms. The van der Waals surface area contributed by atoms with Gasteiger partial charge in [-0.25, -0.2) is 0 Å². The van der Waals surface area contributed by atoms with Crippen LogP contribution in [0.5, 0.6) is 0 Å². The maximum Gasteiger partial charge on any atom is 0.222 e. The van der Waals surface area contributed by atoms with E-state index in [1.165, 1.54) is 12.8 Å². The highest BCUT2D eigenvalue weighted by Gasteiger charge is 2.26. The Morgan fingerprint density at radius 1 is 1.22 bits per heavy atom. The molecule has 2 rings (SSSR count). The van der Waals surface area contributed by atoms with Crippen LogP contribution in [0.2, 0.25) is 0 Å². The van der Waals surface area contributed by atoms with Crippen LogP contribution in [0.3, 0.4) is 0 Å². The van der Waals surface area contributed by atoms with Crippen LogP contribution in [-0.2, 0) is 9.53 Å². The minimum Gasteiger partial charge on any atom is -0.372 e. The Hall–Kier alpha value is -0.610. The molecule has 0 bridgehead atoms. The lowest BCUT2D eigenvalue weighted by molar-refractivity contribution is -0.143. The predicted molar refractivity (Wildman–Crippen MR) is 71.4 cm³/mol. The van der Waals surface area contributed by atoms with E-state index in [4.69, 9.17) is 4.74 Å². The number of carbonyl (C=O) groups is 1. The monoisotopic (exact) mass is 254 g/mol. The molecule has 0 aromatic heterocycles. The van der Waals surface area contributed by atoms with Crippen LogP contribution in [-0.4, -0.2) is 49.2 Å². The van der Waals surface area contributed by atoms with Gasteiger partial charge >= 0.3 is 0 Å². The van der Waals surface area contributed by atoms with Gasteiger partial charge in [0, 0.05) is 19.5 Å². The fraction of sp³-hybridized carbons (Fsp3) is 0.929. The summed E-state index contributed by atoms with van der Waals surface area (Å²) >= 11 is 0. The largest absolute Gasteiger partial charge is 0.372 e. The van der Waals surface area contributed by atoms with Crippen molar-refractivity contribution in [2.45, 2.75) is 51.7 Å². The minimum absolute atomic E-state index is 0.177. The summed E-state index contributed by atoms with van der Waals surface area (Å²) in [7, 11) is 0. The van der Waals surface area contributed by atoms with Crippen molar-refractivity contribution in [2.75, 3.05) is 26.2 Å². The molecule has 2 aliphatic heterocycles. The lowest BCUT2D eigenvalue weighted by Gasteiger charge is -2.35. The van der Waals surface area contributed by atoms with Crippen molar-refractivity contribution in [2.24, 2.45) is 5.92 Å². The smallest absolute Gasteiger partial charge is 0.222 e. The topological polar surface area (TPSA) is 41.6 Å². The Labute approximate surface area is 110 Å². The Morgan fingerprint density at radius 2 is 1.83 bits per heavy atom. The molecule has 0 aromatic carbocycles. The minimum atomic E-state index is 0.177. The molecule has 0 saturated carbocycles. The molecule has 1 N–H and O–H groups in total. The van der Waals surface area contributed by atoms with Crippen molar-refractivity contribution in [3.05, 3.63) is 0 Å². The van der Waals surface area contributed by atoms with E-state index >= 15 is 0 Å². The summed E-state index contributed by atoms with van der Waals surface area (Å²) in [5.74, 6) is 1.06. The second-order valence-electron chi connectivity index (χ2n) is 5.79. The average Bonchev–Trinajstić information content (AvgIpc) is 2.36. The first-order valence-corrected chi connectivity index (χ1v) is 7.29. The lowest BCUT2D eigenvalue weighted by atomic mass is 9.93. The van der Waals surface area contributed by atoms with Crippen LogP contribution in [0.15, 0.2) is 0 Å². The molecule has 2 saturated heterocycles. The van der Waals surface area contributed by atoms with Crippen molar-refractivity contribution < 1.29 is 9.53 Å². The Morgan fingerprint density at radius 3 is 2.44 bits per heavy atom. The zero-order chi connectivity index (χ0) is 13.0. The van der Waals surface area contributed by atoms with E-state index < -0.39 is 0 Å². The number of amides is 1. The zero-order valence-corrected chi connectivity index (χ0v) is 11.7. The normalized spacial score (nSPS) is 30.4. The molecule has 4 nitrogen and oxygen atoms in total. The van der Waals surface area contributed by atoms with E-state index in [-0.39, 0.29) is 12.2 Å². The van der Waals surface area contributed by atoms with Crippen molar-refractivity contribution in [1.82, 2.24) is 10.2 Å². The summed E-state index contributed by atoms with van der Waals surface area (Å²) in [5, 5.41) is 3.37. The van der Waals surface area contributed by atoms with Gasteiger partial charge in [0.15, 0.2) is 0 Å². The summed E-state index contributed by atoms with van der Waals surface area (Å²) in [6.07, 6.45) is 4.57. The van der Waals surface area contributed by atoms with Gasteiger partial charge in [-0.1, -0.05) is 0 Å². The summed E-state index contributed by atoms with van der Waals surface area (Å²) in [4.78, 5) is 14.2. The summed E-state index contributed by atoms with van der Waals surface area (Å²) in [6.45, 7) is 7.84. The number of carbonyl (C=O) groups excluding carboxylic acids is 1. The maximum absolute atomic E-state index is 12.2. The number of nitrogens with zero attached hydrogens (tertiary/aromatic N) is 1. The molecule has 0 aromatic rings. The fourth-order valence-corrected chi connectivity index (χ4v) is 3.04. The van der Waals surface area contributed by atoms with Gasteiger partial charge in [0.1, 0.15) is 0 Å². The Kier molecular flexibility index (Phi) is 5.01. The van der Waals surface area contributed by atoms with Gasteiger partial charge in [-0.2, -0.15) is 0 Å². The lowest BCUT2D eigenvalue weighted by Crippen LogP contribution is -2.48. The van der Waals surface area contributed by atoms with Crippen LogP contribution in [0, 0.1) is 5.92 Å². The molecule has 0 spiro atoms. The third kappa shape index (κ3) is 3.95. The number of rotatable bonds is 3. The molecule has 0 aliphatic carbocycles. The number of morpholine rings is 1. The highest BCUT2D eigenvalue weighted by Crippen LogP contribution is 2.19. The molecule has 2 fully saturated rings. The Bertz CT molecular complexity index is 267. The van der Waals surface area contributed by atoms with Crippen LogP contribution in [0.4, 0.5) is 0 Å². The molecule has 4 heteroatoms.